The first-order valence-corrected chi connectivity index (χ1v) is 8.51. The van der Waals surface area contributed by atoms with Crippen molar-refractivity contribution >= 4 is 34.0 Å². The van der Waals surface area contributed by atoms with Crippen molar-refractivity contribution in [1.29, 1.82) is 0 Å². The maximum Gasteiger partial charge on any atom is 0.244 e. The third kappa shape index (κ3) is 3.32. The Kier molecular flexibility index (Phi) is 4.43. The van der Waals surface area contributed by atoms with E-state index in [0.717, 1.165) is 22.5 Å². The zero-order chi connectivity index (χ0) is 18.8. The first kappa shape index (κ1) is 17.0. The second-order valence-corrected chi connectivity index (χ2v) is 6.33. The Hall–Kier alpha value is -3.45. The van der Waals surface area contributed by atoms with E-state index >= 15 is 0 Å². The van der Waals surface area contributed by atoms with Crippen molar-refractivity contribution in [3.63, 3.8) is 0 Å². The van der Waals surface area contributed by atoms with Gasteiger partial charge in [-0.05, 0) is 16.8 Å². The number of aromatic amines is 1. The van der Waals surface area contributed by atoms with Gasteiger partial charge < -0.3 is 9.67 Å². The van der Waals surface area contributed by atoms with E-state index in [1.807, 2.05) is 41.0 Å². The average molecular weight is 380 g/mol. The quantitative estimate of drug-likeness (QED) is 0.313. The molecule has 0 amide bonds. The fourth-order valence-corrected chi connectivity index (χ4v) is 3.24. The zero-order valence-corrected chi connectivity index (χ0v) is 14.8. The van der Waals surface area contributed by atoms with E-state index in [9.17, 15) is 9.90 Å². The van der Waals surface area contributed by atoms with Crippen LogP contribution in [0.4, 0.5) is 0 Å². The second kappa shape index (κ2) is 7.05. The van der Waals surface area contributed by atoms with Crippen LogP contribution in [0.3, 0.4) is 0 Å². The van der Waals surface area contributed by atoms with Gasteiger partial charge >= 0.3 is 0 Å². The molecule has 0 radical (unpaired) electrons. The van der Waals surface area contributed by atoms with Crippen LogP contribution in [-0.2, 0) is 6.54 Å². The number of tetrazole rings is 1. The van der Waals surface area contributed by atoms with Crippen LogP contribution in [0, 0.1) is 0 Å². The van der Waals surface area contributed by atoms with Crippen LogP contribution in [-0.4, -0.2) is 36.1 Å². The number of carbonyl (C=O) groups excluding carboxylic acids is 1. The van der Waals surface area contributed by atoms with Gasteiger partial charge in [-0.3, -0.25) is 4.79 Å². The van der Waals surface area contributed by atoms with Crippen LogP contribution in [0.5, 0.6) is 0 Å². The summed E-state index contributed by atoms with van der Waals surface area (Å²) in [5.74, 6) is -0.858. The molecule has 2 aromatic heterocycles. The Morgan fingerprint density at radius 1 is 1.19 bits per heavy atom. The third-order valence-corrected chi connectivity index (χ3v) is 4.46. The fraction of sp³-hybridized carbons (Fsp3) is 0.0526. The van der Waals surface area contributed by atoms with Gasteiger partial charge in [0.15, 0.2) is 0 Å². The number of ketones is 1. The molecule has 0 spiro atoms. The maximum absolute atomic E-state index is 12.1. The van der Waals surface area contributed by atoms with Crippen molar-refractivity contribution in [3.8, 4) is 0 Å². The molecule has 2 heterocycles. The number of nitrogens with zero attached hydrogens (tertiary/aromatic N) is 4. The van der Waals surface area contributed by atoms with Crippen LogP contribution >= 0.6 is 11.6 Å². The summed E-state index contributed by atoms with van der Waals surface area (Å²) in [6.07, 6.45) is 2.85. The molecule has 8 heteroatoms. The minimum Gasteiger partial charge on any atom is -0.507 e. The summed E-state index contributed by atoms with van der Waals surface area (Å²) in [4.78, 5) is 12.1. The number of aliphatic hydroxyl groups is 1. The molecule has 27 heavy (non-hydrogen) atoms. The van der Waals surface area contributed by atoms with Crippen LogP contribution in [0.1, 0.15) is 21.7 Å². The second-order valence-electron chi connectivity index (χ2n) is 5.92. The fourth-order valence-electron chi connectivity index (χ4n) is 2.96. The lowest BCUT2D eigenvalue weighted by Crippen LogP contribution is -1.99. The topological polar surface area (TPSA) is 96.7 Å². The summed E-state index contributed by atoms with van der Waals surface area (Å²) in [6, 6.07) is 15.3. The summed E-state index contributed by atoms with van der Waals surface area (Å²) >= 11 is 6.41. The molecular weight excluding hydrogens is 366 g/mol. The standard InChI is InChI=1S/C19H14ClN5O2/c20-15-8-4-7-13-14(16(26)9-17(27)19-21-23-24-22-19)11-25(18(13)15)10-12-5-2-1-3-6-12/h1-9,11,26H,10H2,(H,21,22,23,24)/b16-9-. The maximum atomic E-state index is 12.1. The molecule has 2 aromatic carbocycles. The number of hydrogen-bond acceptors (Lipinski definition) is 5. The lowest BCUT2D eigenvalue weighted by atomic mass is 10.1. The van der Waals surface area contributed by atoms with E-state index < -0.39 is 5.78 Å². The molecule has 134 valence electrons. The minimum absolute atomic E-state index is 0.118. The van der Waals surface area contributed by atoms with E-state index in [2.05, 4.69) is 20.6 Å². The van der Waals surface area contributed by atoms with E-state index in [1.54, 1.807) is 18.3 Å². The molecule has 7 nitrogen and oxygen atoms in total. The van der Waals surface area contributed by atoms with Crippen molar-refractivity contribution in [2.75, 3.05) is 0 Å². The van der Waals surface area contributed by atoms with Gasteiger partial charge in [0.1, 0.15) is 5.76 Å². The highest BCUT2D eigenvalue weighted by molar-refractivity contribution is 6.35. The number of para-hydroxylation sites is 1. The molecule has 0 saturated carbocycles. The highest BCUT2D eigenvalue weighted by atomic mass is 35.5. The SMILES string of the molecule is O=C(/C=C(\O)c1cn(Cc2ccccc2)c2c(Cl)cccc12)c1nn[nH]n1. The predicted octanol–water partition coefficient (Wildman–Crippen LogP) is 3.64. The Morgan fingerprint density at radius 2 is 2.00 bits per heavy atom. The minimum atomic E-state index is -0.549. The van der Waals surface area contributed by atoms with Gasteiger partial charge in [0.25, 0.3) is 0 Å². The van der Waals surface area contributed by atoms with Gasteiger partial charge in [-0.25, -0.2) is 0 Å². The number of nitrogens with one attached hydrogen (secondary N) is 1. The number of carbonyl (C=O) groups is 1. The Morgan fingerprint density at radius 3 is 2.74 bits per heavy atom. The number of halogens is 1. The molecule has 0 unspecified atom stereocenters. The number of aromatic nitrogens is 5. The lowest BCUT2D eigenvalue weighted by Gasteiger charge is -2.06. The van der Waals surface area contributed by atoms with Crippen LogP contribution in [0.2, 0.25) is 5.02 Å². The van der Waals surface area contributed by atoms with E-state index in [4.69, 9.17) is 11.6 Å². The summed E-state index contributed by atoms with van der Waals surface area (Å²) in [5.41, 5.74) is 2.37. The van der Waals surface area contributed by atoms with Crippen molar-refractivity contribution in [3.05, 3.63) is 82.8 Å². The molecule has 0 fully saturated rings. The number of benzene rings is 2. The molecule has 0 saturated heterocycles. The predicted molar refractivity (Wildman–Crippen MR) is 102 cm³/mol. The smallest absolute Gasteiger partial charge is 0.244 e. The summed E-state index contributed by atoms with van der Waals surface area (Å²) in [7, 11) is 0. The largest absolute Gasteiger partial charge is 0.507 e. The van der Waals surface area contributed by atoms with Gasteiger partial charge in [0, 0.05) is 29.8 Å². The average Bonchev–Trinajstić information content (AvgIpc) is 3.32. The Bertz CT molecular complexity index is 1130. The molecule has 4 rings (SSSR count). The molecule has 0 atom stereocenters. The summed E-state index contributed by atoms with van der Waals surface area (Å²) < 4.78 is 1.95. The first-order valence-electron chi connectivity index (χ1n) is 8.13. The number of rotatable bonds is 5. The number of hydrogen-bond donors (Lipinski definition) is 2. The van der Waals surface area contributed by atoms with Crippen molar-refractivity contribution in [2.45, 2.75) is 6.54 Å². The van der Waals surface area contributed by atoms with E-state index in [0.29, 0.717) is 17.1 Å². The van der Waals surface area contributed by atoms with Gasteiger partial charge in [0.2, 0.25) is 11.6 Å². The highest BCUT2D eigenvalue weighted by Gasteiger charge is 2.17. The molecule has 0 aliphatic rings. The Balaban J connectivity index is 1.79. The van der Waals surface area contributed by atoms with Gasteiger partial charge in [-0.2, -0.15) is 5.21 Å². The molecular formula is C19H14ClN5O2. The first-order chi connectivity index (χ1) is 13.1. The summed E-state index contributed by atoms with van der Waals surface area (Å²) in [6.45, 7) is 0.577. The van der Waals surface area contributed by atoms with Crippen LogP contribution in [0.15, 0.2) is 60.8 Å². The molecule has 0 bridgehead atoms. The number of H-pyrrole nitrogens is 1. The summed E-state index contributed by atoms with van der Waals surface area (Å²) in [5, 5.41) is 24.7. The third-order valence-electron chi connectivity index (χ3n) is 4.15. The highest BCUT2D eigenvalue weighted by Crippen LogP contribution is 2.32. The molecule has 2 N–H and O–H groups in total. The van der Waals surface area contributed by atoms with Crippen LogP contribution < -0.4 is 0 Å². The molecule has 4 aromatic rings. The van der Waals surface area contributed by atoms with Crippen molar-refractivity contribution in [2.24, 2.45) is 0 Å². The van der Waals surface area contributed by atoms with E-state index in [-0.39, 0.29) is 11.6 Å². The number of aliphatic hydroxyl groups excluding tert-OH is 1. The normalized spacial score (nSPS) is 11.8. The van der Waals surface area contributed by atoms with Crippen molar-refractivity contribution < 1.29 is 9.90 Å². The monoisotopic (exact) mass is 379 g/mol. The number of allylic oxidation sites excluding steroid dienone is 1. The van der Waals surface area contributed by atoms with Crippen LogP contribution in [0.25, 0.3) is 16.7 Å². The zero-order valence-electron chi connectivity index (χ0n) is 14.0. The van der Waals surface area contributed by atoms with Crippen molar-refractivity contribution in [1.82, 2.24) is 25.2 Å². The molecule has 0 aliphatic carbocycles. The Labute approximate surface area is 158 Å². The van der Waals surface area contributed by atoms with Gasteiger partial charge in [-0.1, -0.05) is 54.1 Å². The lowest BCUT2D eigenvalue weighted by molar-refractivity contribution is 0.103. The van der Waals surface area contributed by atoms with E-state index in [1.165, 1.54) is 0 Å². The number of fused-ring (bicyclic) bond motifs is 1. The molecule has 0 aliphatic heterocycles. The van der Waals surface area contributed by atoms with Gasteiger partial charge in [-0.15, -0.1) is 10.2 Å². The van der Waals surface area contributed by atoms with Gasteiger partial charge in [0.05, 0.1) is 10.5 Å².